The predicted molar refractivity (Wildman–Crippen MR) is 118 cm³/mol. The average molecular weight is 438 g/mol. The number of aromatic nitrogens is 3. The van der Waals surface area contributed by atoms with Gasteiger partial charge in [-0.15, -0.1) is 0 Å². The standard InChI is InChI=1S/C24H28FN5O2/c1-16(2)21(24-28-22(29-32-24)18-8-10-26-11-9-18)27-23(31)19-6-4-12-30(15-19)14-17-5-3-7-20(25)13-17/h3,5,7-11,13,16,19,21H,4,6,12,14-15H2,1-2H3,(H,27,31). The Labute approximate surface area is 187 Å². The Bertz CT molecular complexity index is 1040. The number of hydrogen-bond acceptors (Lipinski definition) is 6. The summed E-state index contributed by atoms with van der Waals surface area (Å²) in [5.74, 6) is 0.558. The van der Waals surface area contributed by atoms with Gasteiger partial charge in [-0.25, -0.2) is 4.39 Å². The number of piperidine rings is 1. The molecule has 2 aromatic heterocycles. The minimum Gasteiger partial charge on any atom is -0.344 e. The third-order valence-electron chi connectivity index (χ3n) is 5.78. The molecule has 3 heterocycles. The van der Waals surface area contributed by atoms with Crippen molar-refractivity contribution in [1.29, 1.82) is 0 Å². The first kappa shape index (κ1) is 22.1. The van der Waals surface area contributed by atoms with Crippen molar-refractivity contribution in [1.82, 2.24) is 25.3 Å². The molecular weight excluding hydrogens is 409 g/mol. The lowest BCUT2D eigenvalue weighted by Gasteiger charge is -2.33. The highest BCUT2D eigenvalue weighted by Gasteiger charge is 2.31. The smallest absolute Gasteiger partial charge is 0.249 e. The van der Waals surface area contributed by atoms with E-state index in [0.717, 1.165) is 30.5 Å². The molecule has 1 aliphatic heterocycles. The van der Waals surface area contributed by atoms with Crippen LogP contribution in [0.3, 0.4) is 0 Å². The minimum absolute atomic E-state index is 0.0173. The first-order valence-electron chi connectivity index (χ1n) is 11.0. The second-order valence-corrected chi connectivity index (χ2v) is 8.63. The highest BCUT2D eigenvalue weighted by molar-refractivity contribution is 5.79. The molecule has 0 bridgehead atoms. The number of pyridine rings is 1. The van der Waals surface area contributed by atoms with Gasteiger partial charge >= 0.3 is 0 Å². The van der Waals surface area contributed by atoms with Gasteiger partial charge in [0.05, 0.1) is 5.92 Å². The van der Waals surface area contributed by atoms with Crippen LogP contribution >= 0.6 is 0 Å². The quantitative estimate of drug-likeness (QED) is 0.602. The molecule has 0 saturated carbocycles. The van der Waals surface area contributed by atoms with Gasteiger partial charge in [0.2, 0.25) is 17.6 Å². The fourth-order valence-corrected chi connectivity index (χ4v) is 4.07. The molecule has 3 aromatic rings. The molecule has 1 aliphatic rings. The van der Waals surface area contributed by atoms with Crippen molar-refractivity contribution >= 4 is 5.91 Å². The molecule has 2 unspecified atom stereocenters. The summed E-state index contributed by atoms with van der Waals surface area (Å²) < 4.78 is 19.0. The Balaban J connectivity index is 1.41. The zero-order valence-electron chi connectivity index (χ0n) is 18.4. The Kier molecular flexibility index (Phi) is 6.90. The Hall–Kier alpha value is -3.13. The fraction of sp³-hybridized carbons (Fsp3) is 0.417. The maximum atomic E-state index is 13.5. The molecule has 1 fully saturated rings. The van der Waals surface area contributed by atoms with Crippen LogP contribution in [-0.2, 0) is 11.3 Å². The Morgan fingerprint density at radius 3 is 2.84 bits per heavy atom. The van der Waals surface area contributed by atoms with E-state index in [1.807, 2.05) is 32.0 Å². The van der Waals surface area contributed by atoms with Gasteiger partial charge in [0.15, 0.2) is 0 Å². The number of nitrogens with zero attached hydrogens (tertiary/aromatic N) is 4. The van der Waals surface area contributed by atoms with Crippen molar-refractivity contribution in [3.8, 4) is 11.4 Å². The number of amides is 1. The zero-order chi connectivity index (χ0) is 22.5. The number of benzene rings is 1. The highest BCUT2D eigenvalue weighted by atomic mass is 19.1. The summed E-state index contributed by atoms with van der Waals surface area (Å²) in [6.45, 7) is 6.19. The van der Waals surface area contributed by atoms with Crippen molar-refractivity contribution in [2.45, 2.75) is 39.3 Å². The van der Waals surface area contributed by atoms with E-state index in [9.17, 15) is 9.18 Å². The summed E-state index contributed by atoms with van der Waals surface area (Å²) in [6, 6.07) is 9.88. The second kappa shape index (κ2) is 9.99. The van der Waals surface area contributed by atoms with Crippen molar-refractivity contribution in [2.24, 2.45) is 11.8 Å². The number of carbonyl (C=O) groups is 1. The average Bonchev–Trinajstić information content (AvgIpc) is 3.28. The first-order valence-corrected chi connectivity index (χ1v) is 11.0. The minimum atomic E-state index is -0.371. The normalized spacial score (nSPS) is 17.9. The number of hydrogen-bond donors (Lipinski definition) is 1. The molecule has 1 amide bonds. The third kappa shape index (κ3) is 5.37. The van der Waals surface area contributed by atoms with Crippen molar-refractivity contribution in [3.63, 3.8) is 0 Å². The van der Waals surface area contributed by atoms with Crippen LogP contribution in [0.25, 0.3) is 11.4 Å². The summed E-state index contributed by atoms with van der Waals surface area (Å²) in [7, 11) is 0. The molecule has 1 aromatic carbocycles. The Morgan fingerprint density at radius 1 is 1.28 bits per heavy atom. The van der Waals surface area contributed by atoms with E-state index < -0.39 is 0 Å². The molecule has 168 valence electrons. The molecule has 0 spiro atoms. The van der Waals surface area contributed by atoms with Gasteiger partial charge in [-0.05, 0) is 55.1 Å². The number of likely N-dealkylation sites (tertiary alicyclic amines) is 1. The van der Waals surface area contributed by atoms with Gasteiger partial charge in [0.25, 0.3) is 0 Å². The lowest BCUT2D eigenvalue weighted by atomic mass is 9.95. The molecule has 32 heavy (non-hydrogen) atoms. The number of rotatable bonds is 7. The molecule has 0 radical (unpaired) electrons. The van der Waals surface area contributed by atoms with E-state index in [-0.39, 0.29) is 29.6 Å². The van der Waals surface area contributed by atoms with E-state index >= 15 is 0 Å². The molecule has 8 heteroatoms. The summed E-state index contributed by atoms with van der Waals surface area (Å²) in [5.41, 5.74) is 1.73. The highest BCUT2D eigenvalue weighted by Crippen LogP contribution is 2.25. The van der Waals surface area contributed by atoms with Gasteiger partial charge in [-0.1, -0.05) is 31.1 Å². The van der Waals surface area contributed by atoms with E-state index in [1.165, 1.54) is 6.07 Å². The van der Waals surface area contributed by atoms with Crippen LogP contribution in [0.15, 0.2) is 53.3 Å². The van der Waals surface area contributed by atoms with E-state index in [0.29, 0.717) is 24.8 Å². The fourth-order valence-electron chi connectivity index (χ4n) is 4.07. The van der Waals surface area contributed by atoms with Gasteiger partial charge in [-0.2, -0.15) is 4.98 Å². The molecule has 0 aliphatic carbocycles. The summed E-state index contributed by atoms with van der Waals surface area (Å²) in [4.78, 5) is 23.8. The van der Waals surface area contributed by atoms with Crippen LogP contribution < -0.4 is 5.32 Å². The van der Waals surface area contributed by atoms with Crippen molar-refractivity contribution in [2.75, 3.05) is 13.1 Å². The number of halogens is 1. The van der Waals surface area contributed by atoms with Crippen LogP contribution in [0.2, 0.25) is 0 Å². The molecular formula is C24H28FN5O2. The summed E-state index contributed by atoms with van der Waals surface area (Å²) >= 11 is 0. The SMILES string of the molecule is CC(C)C(NC(=O)C1CCCN(Cc2cccc(F)c2)C1)c1nc(-c2ccncc2)no1. The summed E-state index contributed by atoms with van der Waals surface area (Å²) in [5, 5.41) is 7.20. The van der Waals surface area contributed by atoms with Crippen LogP contribution in [0.5, 0.6) is 0 Å². The molecule has 2 atom stereocenters. The van der Waals surface area contributed by atoms with Crippen LogP contribution in [-0.4, -0.2) is 39.0 Å². The van der Waals surface area contributed by atoms with E-state index in [4.69, 9.17) is 4.52 Å². The molecule has 4 rings (SSSR count). The number of nitrogens with one attached hydrogen (secondary N) is 1. The maximum absolute atomic E-state index is 13.5. The topological polar surface area (TPSA) is 84.2 Å². The van der Waals surface area contributed by atoms with E-state index in [1.54, 1.807) is 24.5 Å². The third-order valence-corrected chi connectivity index (χ3v) is 5.78. The number of carbonyl (C=O) groups excluding carboxylic acids is 1. The van der Waals surface area contributed by atoms with Gasteiger partial charge < -0.3 is 9.84 Å². The van der Waals surface area contributed by atoms with Gasteiger partial charge in [0, 0.05) is 31.0 Å². The predicted octanol–water partition coefficient (Wildman–Crippen LogP) is 4.00. The van der Waals surface area contributed by atoms with Gasteiger partial charge in [0.1, 0.15) is 11.9 Å². The Morgan fingerprint density at radius 2 is 2.09 bits per heavy atom. The second-order valence-electron chi connectivity index (χ2n) is 8.63. The van der Waals surface area contributed by atoms with E-state index in [2.05, 4.69) is 25.3 Å². The lowest BCUT2D eigenvalue weighted by Crippen LogP contribution is -2.44. The molecule has 1 N–H and O–H groups in total. The van der Waals surface area contributed by atoms with Crippen LogP contribution in [0, 0.1) is 17.7 Å². The lowest BCUT2D eigenvalue weighted by molar-refractivity contribution is -0.128. The summed E-state index contributed by atoms with van der Waals surface area (Å²) in [6.07, 6.45) is 5.09. The van der Waals surface area contributed by atoms with Gasteiger partial charge in [-0.3, -0.25) is 14.7 Å². The maximum Gasteiger partial charge on any atom is 0.249 e. The zero-order valence-corrected chi connectivity index (χ0v) is 18.4. The largest absolute Gasteiger partial charge is 0.344 e. The monoisotopic (exact) mass is 437 g/mol. The van der Waals surface area contributed by atoms with Crippen molar-refractivity contribution in [3.05, 3.63) is 66.1 Å². The van der Waals surface area contributed by atoms with Crippen molar-refractivity contribution < 1.29 is 13.7 Å². The van der Waals surface area contributed by atoms with Crippen LogP contribution in [0.1, 0.15) is 44.2 Å². The van der Waals surface area contributed by atoms with Crippen LogP contribution in [0.4, 0.5) is 4.39 Å². The molecule has 1 saturated heterocycles. The molecule has 7 nitrogen and oxygen atoms in total. The first-order chi connectivity index (χ1) is 15.5.